The minimum absolute atomic E-state index is 0.0314. The van der Waals surface area contributed by atoms with Gasteiger partial charge in [0.2, 0.25) is 5.91 Å². The average Bonchev–Trinajstić information content (AvgIpc) is 2.99. The van der Waals surface area contributed by atoms with E-state index in [1.807, 2.05) is 18.2 Å². The van der Waals surface area contributed by atoms with Crippen molar-refractivity contribution in [3.8, 4) is 0 Å². The van der Waals surface area contributed by atoms with Crippen molar-refractivity contribution in [3.63, 3.8) is 0 Å². The van der Waals surface area contributed by atoms with Gasteiger partial charge in [0.05, 0.1) is 31.2 Å². The molecule has 3 amide bonds. The standard InChI is InChI=1S/C32H41N3O6/c1-3-5-6-10-18-41-28(36)21-26-19-23(15-16-33-26)20-27-29(31(38)40-4-2)35(30(27)37)32(39)34-17-11-14-25(22-34)24-12-8-7-9-13-24/h7-9,12-13,15-16,19,25,27,29H,3-6,10-11,14,17-18,20-22H2,1-2H3/t25-,27-,29+/m1/s1. The number of likely N-dealkylation sites (tertiary alicyclic amines) is 2. The van der Waals surface area contributed by atoms with E-state index in [-0.39, 0.29) is 37.2 Å². The van der Waals surface area contributed by atoms with E-state index in [0.29, 0.717) is 25.4 Å². The van der Waals surface area contributed by atoms with E-state index in [9.17, 15) is 19.2 Å². The Morgan fingerprint density at radius 3 is 2.59 bits per heavy atom. The summed E-state index contributed by atoms with van der Waals surface area (Å²) in [6.07, 6.45) is 7.73. The predicted octanol–water partition coefficient (Wildman–Crippen LogP) is 4.68. The molecule has 0 N–H and O–H groups in total. The summed E-state index contributed by atoms with van der Waals surface area (Å²) in [4.78, 5) is 59.2. The van der Waals surface area contributed by atoms with Gasteiger partial charge in [0.15, 0.2) is 6.04 Å². The molecule has 0 aliphatic carbocycles. The predicted molar refractivity (Wildman–Crippen MR) is 153 cm³/mol. The SMILES string of the molecule is CCCCCCOC(=O)Cc1cc(C[C@H]2C(=O)N(C(=O)N3CCC[C@@H](c4ccccc4)C3)[C@@H]2C(=O)OCC)ccn1. The summed E-state index contributed by atoms with van der Waals surface area (Å²) in [5.41, 5.74) is 2.45. The van der Waals surface area contributed by atoms with E-state index in [1.54, 1.807) is 30.2 Å². The molecule has 9 nitrogen and oxygen atoms in total. The molecule has 9 heteroatoms. The smallest absolute Gasteiger partial charge is 0.330 e. The van der Waals surface area contributed by atoms with Gasteiger partial charge in [-0.1, -0.05) is 56.5 Å². The highest BCUT2D eigenvalue weighted by Crippen LogP contribution is 2.34. The molecule has 4 rings (SSSR count). The topological polar surface area (TPSA) is 106 Å². The van der Waals surface area contributed by atoms with Gasteiger partial charge in [-0.3, -0.25) is 14.6 Å². The molecule has 2 saturated heterocycles. The maximum atomic E-state index is 13.6. The highest BCUT2D eigenvalue weighted by molar-refractivity contribution is 6.08. The molecule has 0 radical (unpaired) electrons. The lowest BCUT2D eigenvalue weighted by atomic mass is 9.82. The quantitative estimate of drug-likeness (QED) is 0.210. The first-order valence-corrected chi connectivity index (χ1v) is 14.9. The summed E-state index contributed by atoms with van der Waals surface area (Å²) in [6, 6.07) is 12.1. The number of unbranched alkanes of at least 4 members (excludes halogenated alkanes) is 3. The summed E-state index contributed by atoms with van der Waals surface area (Å²) in [5.74, 6) is -1.86. The number of carbonyl (C=O) groups is 4. The monoisotopic (exact) mass is 563 g/mol. The summed E-state index contributed by atoms with van der Waals surface area (Å²) in [5, 5.41) is 0. The highest BCUT2D eigenvalue weighted by atomic mass is 16.5. The van der Waals surface area contributed by atoms with Crippen LogP contribution in [0.3, 0.4) is 0 Å². The summed E-state index contributed by atoms with van der Waals surface area (Å²) in [6.45, 7) is 5.40. The maximum Gasteiger partial charge on any atom is 0.330 e. The number of hydrogen-bond acceptors (Lipinski definition) is 7. The minimum Gasteiger partial charge on any atom is -0.465 e. The van der Waals surface area contributed by atoms with Crippen molar-refractivity contribution in [2.24, 2.45) is 5.92 Å². The fourth-order valence-corrected chi connectivity index (χ4v) is 5.68. The van der Waals surface area contributed by atoms with Crippen LogP contribution in [0.25, 0.3) is 0 Å². The molecule has 0 bridgehead atoms. The molecule has 0 spiro atoms. The van der Waals surface area contributed by atoms with Gasteiger partial charge in [0.1, 0.15) is 0 Å². The van der Waals surface area contributed by atoms with E-state index in [2.05, 4.69) is 24.0 Å². The normalized spacial score (nSPS) is 20.3. The highest BCUT2D eigenvalue weighted by Gasteiger charge is 2.56. The van der Waals surface area contributed by atoms with Gasteiger partial charge in [-0.15, -0.1) is 0 Å². The van der Waals surface area contributed by atoms with Crippen molar-refractivity contribution in [3.05, 3.63) is 65.5 Å². The molecule has 3 atom stereocenters. The van der Waals surface area contributed by atoms with Gasteiger partial charge in [-0.2, -0.15) is 0 Å². The lowest BCUT2D eigenvalue weighted by Crippen LogP contribution is -2.69. The first-order chi connectivity index (χ1) is 19.9. The van der Waals surface area contributed by atoms with E-state index >= 15 is 0 Å². The molecule has 2 aliphatic rings. The van der Waals surface area contributed by atoms with E-state index in [1.165, 1.54) is 0 Å². The number of imide groups is 1. The largest absolute Gasteiger partial charge is 0.465 e. The van der Waals surface area contributed by atoms with Crippen LogP contribution in [0, 0.1) is 5.92 Å². The fourth-order valence-electron chi connectivity index (χ4n) is 5.68. The van der Waals surface area contributed by atoms with Gasteiger partial charge in [0, 0.05) is 25.2 Å². The molecule has 2 aliphatic heterocycles. The van der Waals surface area contributed by atoms with Crippen molar-refractivity contribution in [1.82, 2.24) is 14.8 Å². The molecule has 1 aromatic heterocycles. The number of urea groups is 1. The van der Waals surface area contributed by atoms with Crippen LogP contribution in [0.1, 0.15) is 75.1 Å². The Balaban J connectivity index is 1.40. The zero-order valence-electron chi connectivity index (χ0n) is 24.1. The summed E-state index contributed by atoms with van der Waals surface area (Å²) >= 11 is 0. The molecule has 3 heterocycles. The van der Waals surface area contributed by atoms with Crippen molar-refractivity contribution in [1.29, 1.82) is 0 Å². The van der Waals surface area contributed by atoms with Gasteiger partial charge in [0.25, 0.3) is 0 Å². The second kappa shape index (κ2) is 14.8. The number of esters is 2. The molecule has 220 valence electrons. The Bertz CT molecular complexity index is 1200. The van der Waals surface area contributed by atoms with Gasteiger partial charge in [-0.25, -0.2) is 14.5 Å². The number of hydrogen-bond donors (Lipinski definition) is 0. The van der Waals surface area contributed by atoms with Crippen LogP contribution in [0.2, 0.25) is 0 Å². The molecule has 2 aromatic rings. The first-order valence-electron chi connectivity index (χ1n) is 14.9. The van der Waals surface area contributed by atoms with Crippen molar-refractivity contribution in [2.75, 3.05) is 26.3 Å². The Morgan fingerprint density at radius 1 is 1.02 bits per heavy atom. The van der Waals surface area contributed by atoms with Crippen molar-refractivity contribution >= 4 is 23.9 Å². The molecular formula is C32H41N3O6. The van der Waals surface area contributed by atoms with Crippen LogP contribution in [-0.2, 0) is 36.7 Å². The number of aromatic nitrogens is 1. The van der Waals surface area contributed by atoms with E-state index in [4.69, 9.17) is 9.47 Å². The first kappa shape index (κ1) is 30.2. The lowest BCUT2D eigenvalue weighted by Gasteiger charge is -2.46. The van der Waals surface area contributed by atoms with Crippen LogP contribution in [0.4, 0.5) is 4.79 Å². The number of amides is 3. The maximum absolute atomic E-state index is 13.6. The molecule has 0 unspecified atom stereocenters. The third-order valence-corrected chi connectivity index (χ3v) is 7.83. The van der Waals surface area contributed by atoms with Gasteiger partial charge < -0.3 is 14.4 Å². The lowest BCUT2D eigenvalue weighted by molar-refractivity contribution is -0.170. The van der Waals surface area contributed by atoms with Crippen LogP contribution < -0.4 is 0 Å². The Labute approximate surface area is 242 Å². The average molecular weight is 564 g/mol. The summed E-state index contributed by atoms with van der Waals surface area (Å²) < 4.78 is 10.6. The van der Waals surface area contributed by atoms with Crippen LogP contribution in [0.15, 0.2) is 48.7 Å². The number of pyridine rings is 1. The zero-order valence-corrected chi connectivity index (χ0v) is 24.1. The van der Waals surface area contributed by atoms with E-state index in [0.717, 1.165) is 54.6 Å². The molecule has 41 heavy (non-hydrogen) atoms. The fraction of sp³-hybridized carbons (Fsp3) is 0.531. The van der Waals surface area contributed by atoms with Gasteiger partial charge in [-0.05, 0) is 55.9 Å². The molecule has 1 aromatic carbocycles. The Kier molecular flexibility index (Phi) is 10.9. The second-order valence-corrected chi connectivity index (χ2v) is 10.8. The number of nitrogens with zero attached hydrogens (tertiary/aromatic N) is 3. The molecular weight excluding hydrogens is 522 g/mol. The van der Waals surface area contributed by atoms with E-state index < -0.39 is 24.0 Å². The second-order valence-electron chi connectivity index (χ2n) is 10.8. The number of piperidine rings is 1. The number of ether oxygens (including phenoxy) is 2. The van der Waals surface area contributed by atoms with Crippen molar-refractivity contribution in [2.45, 2.75) is 77.2 Å². The zero-order chi connectivity index (χ0) is 29.2. The molecule has 2 fully saturated rings. The van der Waals surface area contributed by atoms with Gasteiger partial charge >= 0.3 is 18.0 Å². The number of rotatable bonds is 12. The Morgan fingerprint density at radius 2 is 1.83 bits per heavy atom. The number of carbonyl (C=O) groups excluding carboxylic acids is 4. The minimum atomic E-state index is -0.989. The number of β-lactam (4-membered cyclic amide) rings is 1. The number of benzene rings is 1. The van der Waals surface area contributed by atoms with Crippen LogP contribution in [0.5, 0.6) is 0 Å². The third kappa shape index (κ3) is 7.71. The van der Waals surface area contributed by atoms with Crippen molar-refractivity contribution < 1.29 is 28.7 Å². The third-order valence-electron chi connectivity index (χ3n) is 7.83. The molecule has 0 saturated carbocycles. The summed E-state index contributed by atoms with van der Waals surface area (Å²) in [7, 11) is 0. The van der Waals surface area contributed by atoms with Crippen LogP contribution in [-0.4, -0.2) is 71.0 Å². The van der Waals surface area contributed by atoms with Crippen LogP contribution >= 0.6 is 0 Å². The Hall–Kier alpha value is -3.75.